The summed E-state index contributed by atoms with van der Waals surface area (Å²) in [6.07, 6.45) is 8.83. The van der Waals surface area contributed by atoms with Crippen LogP contribution < -0.4 is 5.32 Å². The molecule has 0 spiro atoms. The van der Waals surface area contributed by atoms with Gasteiger partial charge in [-0.3, -0.25) is 4.79 Å². The normalized spacial score (nSPS) is 17.2. The molecule has 0 bridgehead atoms. The highest BCUT2D eigenvalue weighted by atomic mass is 16.1. The molecule has 2 aromatic rings. The number of carbonyl (C=O) groups is 1. The van der Waals surface area contributed by atoms with E-state index < -0.39 is 0 Å². The maximum absolute atomic E-state index is 12.1. The number of aromatic nitrogens is 3. The molecule has 1 unspecified atom stereocenters. The predicted octanol–water partition coefficient (Wildman–Crippen LogP) is 2.86. The molecule has 1 N–H and O–H groups in total. The molecular weight excluding hydrogens is 288 g/mol. The zero-order chi connectivity index (χ0) is 16.2. The van der Waals surface area contributed by atoms with Crippen LogP contribution in [-0.2, 0) is 11.3 Å². The average molecular weight is 310 g/mol. The van der Waals surface area contributed by atoms with Crippen LogP contribution in [0.1, 0.15) is 36.2 Å². The van der Waals surface area contributed by atoms with Crippen LogP contribution in [0.2, 0.25) is 0 Å². The van der Waals surface area contributed by atoms with Gasteiger partial charge >= 0.3 is 0 Å². The van der Waals surface area contributed by atoms with Gasteiger partial charge in [0.25, 0.3) is 0 Å². The van der Waals surface area contributed by atoms with Crippen molar-refractivity contribution in [3.63, 3.8) is 0 Å². The van der Waals surface area contributed by atoms with Crippen LogP contribution in [0.5, 0.6) is 0 Å². The van der Waals surface area contributed by atoms with E-state index in [0.717, 1.165) is 42.0 Å². The van der Waals surface area contributed by atoms with Gasteiger partial charge in [-0.05, 0) is 50.8 Å². The first-order valence-electron chi connectivity index (χ1n) is 8.05. The molecule has 2 aromatic heterocycles. The van der Waals surface area contributed by atoms with Crippen LogP contribution in [0.25, 0.3) is 5.82 Å². The van der Waals surface area contributed by atoms with Gasteiger partial charge < -0.3 is 5.32 Å². The molecule has 1 amide bonds. The lowest BCUT2D eigenvalue weighted by atomic mass is 9.93. The van der Waals surface area contributed by atoms with Gasteiger partial charge in [0.05, 0.1) is 5.69 Å². The molecule has 0 aliphatic heterocycles. The van der Waals surface area contributed by atoms with Gasteiger partial charge in [0.15, 0.2) is 5.82 Å². The zero-order valence-electron chi connectivity index (χ0n) is 13.6. The second kappa shape index (κ2) is 6.77. The van der Waals surface area contributed by atoms with E-state index in [2.05, 4.69) is 27.6 Å². The number of amides is 1. The Balaban J connectivity index is 1.60. The summed E-state index contributed by atoms with van der Waals surface area (Å²) in [5.74, 6) is 1.04. The van der Waals surface area contributed by atoms with Crippen molar-refractivity contribution in [1.29, 1.82) is 0 Å². The number of aryl methyl sites for hydroxylation is 2. The summed E-state index contributed by atoms with van der Waals surface area (Å²) in [4.78, 5) is 16.6. The van der Waals surface area contributed by atoms with E-state index in [9.17, 15) is 4.79 Å². The highest BCUT2D eigenvalue weighted by Gasteiger charge is 2.18. The Bertz CT molecular complexity index is 715. The second-order valence-electron chi connectivity index (χ2n) is 6.06. The number of rotatable bonds is 4. The van der Waals surface area contributed by atoms with E-state index in [-0.39, 0.29) is 11.8 Å². The van der Waals surface area contributed by atoms with E-state index >= 15 is 0 Å². The predicted molar refractivity (Wildman–Crippen MR) is 89.2 cm³/mol. The largest absolute Gasteiger partial charge is 0.352 e. The van der Waals surface area contributed by atoms with Crippen molar-refractivity contribution < 1.29 is 4.79 Å². The van der Waals surface area contributed by atoms with Gasteiger partial charge in [-0.15, -0.1) is 0 Å². The molecule has 5 heteroatoms. The van der Waals surface area contributed by atoms with Gasteiger partial charge in [0.1, 0.15) is 0 Å². The summed E-state index contributed by atoms with van der Waals surface area (Å²) >= 11 is 0. The van der Waals surface area contributed by atoms with E-state index in [4.69, 9.17) is 0 Å². The monoisotopic (exact) mass is 310 g/mol. The number of nitrogens with one attached hydrogen (secondary N) is 1. The fourth-order valence-electron chi connectivity index (χ4n) is 2.87. The van der Waals surface area contributed by atoms with Crippen LogP contribution in [-0.4, -0.2) is 20.7 Å². The summed E-state index contributed by atoms with van der Waals surface area (Å²) in [6.45, 7) is 4.49. The zero-order valence-corrected chi connectivity index (χ0v) is 13.6. The average Bonchev–Trinajstić information content (AvgIpc) is 2.92. The van der Waals surface area contributed by atoms with Crippen molar-refractivity contribution >= 4 is 5.91 Å². The van der Waals surface area contributed by atoms with Gasteiger partial charge in [0.2, 0.25) is 5.91 Å². The highest BCUT2D eigenvalue weighted by molar-refractivity contribution is 5.78. The van der Waals surface area contributed by atoms with Crippen molar-refractivity contribution in [2.45, 2.75) is 39.7 Å². The Morgan fingerprint density at radius 2 is 2.22 bits per heavy atom. The van der Waals surface area contributed by atoms with Crippen molar-refractivity contribution in [2.24, 2.45) is 5.92 Å². The molecule has 0 radical (unpaired) electrons. The fraction of sp³-hybridized carbons (Fsp3) is 0.389. The number of allylic oxidation sites excluding steroid dienone is 2. The number of hydrogen-bond donors (Lipinski definition) is 1. The third-order valence-corrected chi connectivity index (χ3v) is 4.14. The van der Waals surface area contributed by atoms with Gasteiger partial charge in [0, 0.05) is 24.4 Å². The number of nitrogens with zero attached hydrogens (tertiary/aromatic N) is 3. The van der Waals surface area contributed by atoms with E-state index in [1.54, 1.807) is 6.20 Å². The minimum atomic E-state index is 0.113. The van der Waals surface area contributed by atoms with Crippen molar-refractivity contribution in [3.8, 4) is 5.82 Å². The van der Waals surface area contributed by atoms with Gasteiger partial charge in [-0.2, -0.15) is 5.10 Å². The summed E-state index contributed by atoms with van der Waals surface area (Å²) in [7, 11) is 0. The molecule has 0 saturated carbocycles. The lowest BCUT2D eigenvalue weighted by molar-refractivity contribution is -0.125. The number of pyridine rings is 1. The Hall–Kier alpha value is -2.43. The Morgan fingerprint density at radius 3 is 2.83 bits per heavy atom. The number of carbonyl (C=O) groups excluding carboxylic acids is 1. The Morgan fingerprint density at radius 1 is 1.35 bits per heavy atom. The molecule has 23 heavy (non-hydrogen) atoms. The molecule has 5 nitrogen and oxygen atoms in total. The Kier molecular flexibility index (Phi) is 4.55. The Labute approximate surface area is 136 Å². The highest BCUT2D eigenvalue weighted by Crippen LogP contribution is 2.18. The minimum Gasteiger partial charge on any atom is -0.352 e. The SMILES string of the molecule is Cc1cc(C)n(-c2ccc(CNC(=O)C3CC=CCC3)cn2)n1. The van der Waals surface area contributed by atoms with Crippen LogP contribution in [0, 0.1) is 19.8 Å². The summed E-state index contributed by atoms with van der Waals surface area (Å²) in [5.41, 5.74) is 3.03. The summed E-state index contributed by atoms with van der Waals surface area (Å²) in [5, 5.41) is 7.43. The lowest BCUT2D eigenvalue weighted by Gasteiger charge is -2.17. The molecule has 1 aliphatic rings. The standard InChI is InChI=1S/C18H22N4O/c1-13-10-14(2)22(21-13)17-9-8-15(11-19-17)12-20-18(23)16-6-4-3-5-7-16/h3-4,8-11,16H,5-7,12H2,1-2H3,(H,20,23). The van der Waals surface area contributed by atoms with Crippen molar-refractivity contribution in [1.82, 2.24) is 20.1 Å². The molecule has 1 aliphatic carbocycles. The first kappa shape index (κ1) is 15.5. The summed E-state index contributed by atoms with van der Waals surface area (Å²) < 4.78 is 1.83. The minimum absolute atomic E-state index is 0.113. The quantitative estimate of drug-likeness (QED) is 0.883. The molecule has 0 aromatic carbocycles. The van der Waals surface area contributed by atoms with E-state index in [0.29, 0.717) is 6.54 Å². The fourth-order valence-corrected chi connectivity index (χ4v) is 2.87. The molecule has 1 atom stereocenters. The third-order valence-electron chi connectivity index (χ3n) is 4.14. The second-order valence-corrected chi connectivity index (χ2v) is 6.06. The molecule has 0 fully saturated rings. The van der Waals surface area contributed by atoms with Crippen molar-refractivity contribution in [3.05, 3.63) is 53.5 Å². The maximum Gasteiger partial charge on any atom is 0.223 e. The lowest BCUT2D eigenvalue weighted by Crippen LogP contribution is -2.30. The van der Waals surface area contributed by atoms with Crippen molar-refractivity contribution in [2.75, 3.05) is 0 Å². The third kappa shape index (κ3) is 3.67. The van der Waals surface area contributed by atoms with Gasteiger partial charge in [-0.1, -0.05) is 18.2 Å². The van der Waals surface area contributed by atoms with Crippen LogP contribution in [0.3, 0.4) is 0 Å². The molecule has 120 valence electrons. The topological polar surface area (TPSA) is 59.8 Å². The van der Waals surface area contributed by atoms with Crippen LogP contribution in [0.4, 0.5) is 0 Å². The first-order valence-corrected chi connectivity index (χ1v) is 8.05. The van der Waals surface area contributed by atoms with E-state index in [1.165, 1.54) is 0 Å². The smallest absolute Gasteiger partial charge is 0.223 e. The van der Waals surface area contributed by atoms with Crippen LogP contribution >= 0.6 is 0 Å². The first-order chi connectivity index (χ1) is 11.1. The summed E-state index contributed by atoms with van der Waals surface area (Å²) in [6, 6.07) is 5.94. The van der Waals surface area contributed by atoms with Gasteiger partial charge in [-0.25, -0.2) is 9.67 Å². The molecular formula is C18H22N4O. The van der Waals surface area contributed by atoms with Crippen LogP contribution in [0.15, 0.2) is 36.5 Å². The van der Waals surface area contributed by atoms with E-state index in [1.807, 2.05) is 36.7 Å². The molecule has 3 rings (SSSR count). The number of hydrogen-bond acceptors (Lipinski definition) is 3. The molecule has 2 heterocycles. The molecule has 0 saturated heterocycles. The maximum atomic E-state index is 12.1.